The summed E-state index contributed by atoms with van der Waals surface area (Å²) in [6.07, 6.45) is -1.03. The molecule has 0 radical (unpaired) electrons. The molecule has 1 saturated heterocycles. The summed E-state index contributed by atoms with van der Waals surface area (Å²) in [6, 6.07) is 2.46. The first-order chi connectivity index (χ1) is 7.87. The number of hydrogen-bond donors (Lipinski definition) is 2. The highest BCUT2D eigenvalue weighted by Gasteiger charge is 2.36. The number of nitrogens with one attached hydrogen (secondary N) is 1. The Hall–Kier alpha value is -1.21. The molecule has 0 bridgehead atoms. The molecule has 1 aromatic rings. The second-order valence-electron chi connectivity index (χ2n) is 4.02. The molecule has 7 heteroatoms. The van der Waals surface area contributed by atoms with E-state index in [-0.39, 0.29) is 17.2 Å². The predicted octanol–water partition coefficient (Wildman–Crippen LogP) is 0.535. The van der Waals surface area contributed by atoms with E-state index in [2.05, 4.69) is 5.32 Å². The first kappa shape index (κ1) is 12.3. The molecule has 2 rings (SSSR count). The molecule has 1 fully saturated rings. The number of rotatable bonds is 2. The maximum atomic E-state index is 12.9. The molecule has 94 valence electrons. The largest absolute Gasteiger partial charge is 0.390 e. The molecule has 0 unspecified atom stereocenters. The standard InChI is InChI=1S/C10H11F2NO3S/c11-7-2-1-6(3-8(7)12)13-9-4-17(15,16)5-10(9)14/h1-3,9-10,13-14H,4-5H2/t9-,10-/m1/s1. The third kappa shape index (κ3) is 2.73. The number of hydrogen-bond acceptors (Lipinski definition) is 4. The molecule has 4 nitrogen and oxygen atoms in total. The van der Waals surface area contributed by atoms with Gasteiger partial charge in [-0.05, 0) is 12.1 Å². The summed E-state index contributed by atoms with van der Waals surface area (Å²) in [4.78, 5) is 0. The molecule has 1 aliphatic heterocycles. The number of aliphatic hydroxyl groups excluding tert-OH is 1. The van der Waals surface area contributed by atoms with E-state index in [0.717, 1.165) is 12.1 Å². The van der Waals surface area contributed by atoms with Crippen molar-refractivity contribution < 1.29 is 22.3 Å². The molecular formula is C10H11F2NO3S. The highest BCUT2D eigenvalue weighted by Crippen LogP contribution is 2.19. The Balaban J connectivity index is 2.14. The summed E-state index contributed by atoms with van der Waals surface area (Å²) in [5.41, 5.74) is 0.241. The number of aliphatic hydroxyl groups is 1. The van der Waals surface area contributed by atoms with Gasteiger partial charge in [-0.15, -0.1) is 0 Å². The Bertz CT molecular complexity index is 532. The van der Waals surface area contributed by atoms with Crippen LogP contribution >= 0.6 is 0 Å². The normalized spacial score (nSPS) is 27.0. The van der Waals surface area contributed by atoms with Crippen molar-refractivity contribution in [2.75, 3.05) is 16.8 Å². The summed E-state index contributed by atoms with van der Waals surface area (Å²) in [5.74, 6) is -2.53. The Kier molecular flexibility index (Phi) is 3.05. The molecule has 0 aliphatic carbocycles. The van der Waals surface area contributed by atoms with Crippen molar-refractivity contribution in [3.8, 4) is 0 Å². The van der Waals surface area contributed by atoms with Crippen molar-refractivity contribution in [2.45, 2.75) is 12.1 Å². The molecular weight excluding hydrogens is 252 g/mol. The van der Waals surface area contributed by atoms with E-state index in [4.69, 9.17) is 0 Å². The second kappa shape index (κ2) is 4.23. The van der Waals surface area contributed by atoms with E-state index in [1.807, 2.05) is 0 Å². The Morgan fingerprint density at radius 3 is 2.47 bits per heavy atom. The topological polar surface area (TPSA) is 66.4 Å². The fraction of sp³-hybridized carbons (Fsp3) is 0.400. The van der Waals surface area contributed by atoms with Crippen LogP contribution in [0, 0.1) is 11.6 Å². The quantitative estimate of drug-likeness (QED) is 0.817. The third-order valence-electron chi connectivity index (χ3n) is 2.59. The Morgan fingerprint density at radius 2 is 1.94 bits per heavy atom. The van der Waals surface area contributed by atoms with Gasteiger partial charge in [0.1, 0.15) is 0 Å². The summed E-state index contributed by atoms with van der Waals surface area (Å²) >= 11 is 0. The first-order valence-corrected chi connectivity index (χ1v) is 6.79. The summed E-state index contributed by atoms with van der Waals surface area (Å²) in [7, 11) is -3.26. The van der Waals surface area contributed by atoms with Crippen molar-refractivity contribution in [1.82, 2.24) is 0 Å². The van der Waals surface area contributed by atoms with Gasteiger partial charge in [-0.1, -0.05) is 0 Å². The molecule has 2 N–H and O–H groups in total. The van der Waals surface area contributed by atoms with E-state index in [1.165, 1.54) is 6.07 Å². The molecule has 1 aliphatic rings. The van der Waals surface area contributed by atoms with Crippen LogP contribution in [0.15, 0.2) is 18.2 Å². The van der Waals surface area contributed by atoms with Crippen molar-refractivity contribution in [3.63, 3.8) is 0 Å². The van der Waals surface area contributed by atoms with Crippen molar-refractivity contribution in [3.05, 3.63) is 29.8 Å². The highest BCUT2D eigenvalue weighted by atomic mass is 32.2. The average Bonchev–Trinajstić information content (AvgIpc) is 2.46. The van der Waals surface area contributed by atoms with Crippen LogP contribution in [-0.4, -0.2) is 37.2 Å². The van der Waals surface area contributed by atoms with Crippen LogP contribution in [0.3, 0.4) is 0 Å². The maximum Gasteiger partial charge on any atom is 0.160 e. The molecule has 1 aromatic carbocycles. The Morgan fingerprint density at radius 1 is 1.24 bits per heavy atom. The van der Waals surface area contributed by atoms with Crippen LogP contribution < -0.4 is 5.32 Å². The van der Waals surface area contributed by atoms with Gasteiger partial charge in [-0.25, -0.2) is 17.2 Å². The van der Waals surface area contributed by atoms with E-state index in [0.29, 0.717) is 0 Å². The maximum absolute atomic E-state index is 12.9. The summed E-state index contributed by atoms with van der Waals surface area (Å²) in [5, 5.41) is 12.2. The molecule has 0 amide bonds. The smallest absolute Gasteiger partial charge is 0.160 e. The van der Waals surface area contributed by atoms with Crippen LogP contribution in [0.25, 0.3) is 0 Å². The van der Waals surface area contributed by atoms with Gasteiger partial charge in [0.05, 0.1) is 23.7 Å². The monoisotopic (exact) mass is 263 g/mol. The van der Waals surface area contributed by atoms with Gasteiger partial charge in [-0.2, -0.15) is 0 Å². The number of anilines is 1. The zero-order chi connectivity index (χ0) is 12.6. The summed E-state index contributed by atoms with van der Waals surface area (Å²) in [6.45, 7) is 0. The number of sulfone groups is 1. The molecule has 0 saturated carbocycles. The third-order valence-corrected chi connectivity index (χ3v) is 4.31. The molecule has 17 heavy (non-hydrogen) atoms. The minimum atomic E-state index is -3.26. The van der Waals surface area contributed by atoms with Gasteiger partial charge in [0.2, 0.25) is 0 Å². The predicted molar refractivity (Wildman–Crippen MR) is 58.4 cm³/mol. The Labute approximate surface area is 97.2 Å². The lowest BCUT2D eigenvalue weighted by Crippen LogP contribution is -2.31. The lowest BCUT2D eigenvalue weighted by molar-refractivity contribution is 0.190. The number of halogens is 2. The second-order valence-corrected chi connectivity index (χ2v) is 6.18. The van der Waals surface area contributed by atoms with Crippen LogP contribution in [0.2, 0.25) is 0 Å². The first-order valence-electron chi connectivity index (χ1n) is 4.97. The molecule has 2 atom stereocenters. The van der Waals surface area contributed by atoms with Crippen LogP contribution in [0.5, 0.6) is 0 Å². The number of benzene rings is 1. The van der Waals surface area contributed by atoms with Crippen LogP contribution in [0.4, 0.5) is 14.5 Å². The minimum absolute atomic E-state index is 0.215. The van der Waals surface area contributed by atoms with Gasteiger partial charge < -0.3 is 10.4 Å². The minimum Gasteiger partial charge on any atom is -0.390 e. The van der Waals surface area contributed by atoms with E-state index >= 15 is 0 Å². The van der Waals surface area contributed by atoms with Gasteiger partial charge in [0.15, 0.2) is 21.5 Å². The van der Waals surface area contributed by atoms with Gasteiger partial charge in [-0.3, -0.25) is 0 Å². The van der Waals surface area contributed by atoms with Gasteiger partial charge in [0, 0.05) is 11.8 Å². The highest BCUT2D eigenvalue weighted by molar-refractivity contribution is 7.91. The summed E-state index contributed by atoms with van der Waals surface area (Å²) < 4.78 is 48.0. The van der Waals surface area contributed by atoms with Crippen LogP contribution in [-0.2, 0) is 9.84 Å². The van der Waals surface area contributed by atoms with Gasteiger partial charge >= 0.3 is 0 Å². The van der Waals surface area contributed by atoms with E-state index < -0.39 is 33.6 Å². The fourth-order valence-electron chi connectivity index (χ4n) is 1.77. The SMILES string of the molecule is O=S1(=O)C[C@@H](O)[C@H](Nc2ccc(F)c(F)c2)C1. The zero-order valence-corrected chi connectivity index (χ0v) is 9.55. The van der Waals surface area contributed by atoms with Crippen molar-refractivity contribution in [2.24, 2.45) is 0 Å². The van der Waals surface area contributed by atoms with Crippen LogP contribution in [0.1, 0.15) is 0 Å². The van der Waals surface area contributed by atoms with E-state index in [9.17, 15) is 22.3 Å². The zero-order valence-electron chi connectivity index (χ0n) is 8.73. The van der Waals surface area contributed by atoms with E-state index in [1.54, 1.807) is 0 Å². The lowest BCUT2D eigenvalue weighted by atomic mass is 10.2. The molecule has 0 aromatic heterocycles. The lowest BCUT2D eigenvalue weighted by Gasteiger charge is -2.16. The fourth-order valence-corrected chi connectivity index (χ4v) is 3.51. The van der Waals surface area contributed by atoms with Gasteiger partial charge in [0.25, 0.3) is 0 Å². The van der Waals surface area contributed by atoms with Crippen molar-refractivity contribution in [1.29, 1.82) is 0 Å². The molecule has 0 spiro atoms. The average molecular weight is 263 g/mol. The molecule has 1 heterocycles. The van der Waals surface area contributed by atoms with Crippen molar-refractivity contribution >= 4 is 15.5 Å².